The van der Waals surface area contributed by atoms with Crippen molar-refractivity contribution in [2.75, 3.05) is 39.4 Å². The van der Waals surface area contributed by atoms with E-state index in [9.17, 15) is 5.11 Å². The molecule has 0 aliphatic carbocycles. The third-order valence-corrected chi connectivity index (χ3v) is 3.89. The Labute approximate surface area is 124 Å². The Balaban J connectivity index is 2.22. The first-order chi connectivity index (χ1) is 9.76. The number of rotatable bonds is 12. The van der Waals surface area contributed by atoms with E-state index in [4.69, 9.17) is 4.74 Å². The summed E-state index contributed by atoms with van der Waals surface area (Å²) in [4.78, 5) is 2.40. The van der Waals surface area contributed by atoms with Crippen molar-refractivity contribution >= 4 is 0 Å². The molecule has 0 radical (unpaired) electrons. The van der Waals surface area contributed by atoms with Crippen molar-refractivity contribution in [3.63, 3.8) is 0 Å². The third-order valence-electron chi connectivity index (χ3n) is 3.89. The highest BCUT2D eigenvalue weighted by Crippen LogP contribution is 2.08. The largest absolute Gasteiger partial charge is 0.389 e. The molecule has 1 aliphatic heterocycles. The topological polar surface area (TPSA) is 44.7 Å². The summed E-state index contributed by atoms with van der Waals surface area (Å²) in [7, 11) is 0. The van der Waals surface area contributed by atoms with Gasteiger partial charge in [0.1, 0.15) is 0 Å². The molecule has 1 rings (SSSR count). The van der Waals surface area contributed by atoms with Crippen LogP contribution in [0, 0.1) is 0 Å². The van der Waals surface area contributed by atoms with Gasteiger partial charge in [0, 0.05) is 25.7 Å². The van der Waals surface area contributed by atoms with Crippen molar-refractivity contribution in [3.05, 3.63) is 0 Å². The minimum absolute atomic E-state index is 0.356. The van der Waals surface area contributed by atoms with Gasteiger partial charge >= 0.3 is 0 Å². The van der Waals surface area contributed by atoms with Crippen LogP contribution in [0.5, 0.6) is 0 Å². The van der Waals surface area contributed by atoms with Crippen LogP contribution in [-0.4, -0.2) is 61.5 Å². The van der Waals surface area contributed by atoms with Crippen molar-refractivity contribution in [1.82, 2.24) is 10.2 Å². The van der Waals surface area contributed by atoms with Gasteiger partial charge in [-0.15, -0.1) is 0 Å². The summed E-state index contributed by atoms with van der Waals surface area (Å²) < 4.78 is 5.52. The van der Waals surface area contributed by atoms with E-state index in [1.165, 1.54) is 25.7 Å². The lowest BCUT2D eigenvalue weighted by Gasteiger charge is -2.27. The van der Waals surface area contributed by atoms with Crippen LogP contribution in [0.25, 0.3) is 0 Å². The number of nitrogens with zero attached hydrogens (tertiary/aromatic N) is 1. The monoisotopic (exact) mass is 286 g/mol. The first-order valence-corrected chi connectivity index (χ1v) is 8.47. The third kappa shape index (κ3) is 8.20. The first-order valence-electron chi connectivity index (χ1n) is 8.47. The molecular weight excluding hydrogens is 252 g/mol. The number of hydrogen-bond donors (Lipinski definition) is 2. The van der Waals surface area contributed by atoms with Gasteiger partial charge in [-0.2, -0.15) is 0 Å². The van der Waals surface area contributed by atoms with Crippen molar-refractivity contribution in [1.29, 1.82) is 0 Å². The average Bonchev–Trinajstić information content (AvgIpc) is 2.94. The molecule has 20 heavy (non-hydrogen) atoms. The molecule has 0 aromatic heterocycles. The number of aliphatic hydroxyl groups excluding tert-OH is 1. The fourth-order valence-electron chi connectivity index (χ4n) is 2.68. The van der Waals surface area contributed by atoms with E-state index in [1.807, 2.05) is 0 Å². The SMILES string of the molecule is CCCCOCC(O)CN(CCCC)CC1CCCN1. The fraction of sp³-hybridized carbons (Fsp3) is 1.00. The summed E-state index contributed by atoms with van der Waals surface area (Å²) in [6.45, 7) is 9.65. The minimum atomic E-state index is -0.356. The fourth-order valence-corrected chi connectivity index (χ4v) is 2.68. The van der Waals surface area contributed by atoms with E-state index in [0.29, 0.717) is 12.6 Å². The predicted molar refractivity (Wildman–Crippen MR) is 84.1 cm³/mol. The molecule has 2 N–H and O–H groups in total. The predicted octanol–water partition coefficient (Wildman–Crippen LogP) is 2.02. The Bertz CT molecular complexity index is 221. The van der Waals surface area contributed by atoms with Crippen molar-refractivity contribution in [2.24, 2.45) is 0 Å². The van der Waals surface area contributed by atoms with Crippen LogP contribution >= 0.6 is 0 Å². The van der Waals surface area contributed by atoms with Crippen molar-refractivity contribution in [2.45, 2.75) is 64.5 Å². The van der Waals surface area contributed by atoms with Gasteiger partial charge in [-0.3, -0.25) is 4.90 Å². The maximum absolute atomic E-state index is 10.1. The molecule has 4 heteroatoms. The highest BCUT2D eigenvalue weighted by atomic mass is 16.5. The normalized spacial score (nSPS) is 20.7. The molecule has 1 saturated heterocycles. The summed E-state index contributed by atoms with van der Waals surface area (Å²) in [5, 5.41) is 13.6. The lowest BCUT2D eigenvalue weighted by atomic mass is 10.2. The summed E-state index contributed by atoms with van der Waals surface area (Å²) in [6, 6.07) is 0.611. The number of aliphatic hydroxyl groups is 1. The van der Waals surface area contributed by atoms with Gasteiger partial charge in [-0.05, 0) is 38.8 Å². The number of nitrogens with one attached hydrogen (secondary N) is 1. The molecule has 0 saturated carbocycles. The van der Waals surface area contributed by atoms with Crippen LogP contribution in [-0.2, 0) is 4.74 Å². The molecule has 1 heterocycles. The molecule has 0 aromatic carbocycles. The van der Waals surface area contributed by atoms with Gasteiger partial charge in [-0.25, -0.2) is 0 Å². The lowest BCUT2D eigenvalue weighted by Crippen LogP contribution is -2.42. The second-order valence-electron chi connectivity index (χ2n) is 5.99. The molecule has 2 atom stereocenters. The van der Waals surface area contributed by atoms with E-state index in [2.05, 4.69) is 24.1 Å². The van der Waals surface area contributed by atoms with Crippen molar-refractivity contribution < 1.29 is 9.84 Å². The smallest absolute Gasteiger partial charge is 0.0900 e. The molecule has 2 unspecified atom stereocenters. The van der Waals surface area contributed by atoms with Crippen LogP contribution in [0.15, 0.2) is 0 Å². The Morgan fingerprint density at radius 3 is 2.75 bits per heavy atom. The zero-order valence-corrected chi connectivity index (χ0v) is 13.4. The Hall–Kier alpha value is -0.160. The van der Waals surface area contributed by atoms with Gasteiger partial charge in [0.2, 0.25) is 0 Å². The van der Waals surface area contributed by atoms with Crippen molar-refractivity contribution in [3.8, 4) is 0 Å². The Kier molecular flexibility index (Phi) is 10.3. The summed E-state index contributed by atoms with van der Waals surface area (Å²) in [5.41, 5.74) is 0. The van der Waals surface area contributed by atoms with Crippen LogP contribution in [0.3, 0.4) is 0 Å². The highest BCUT2D eigenvalue weighted by molar-refractivity contribution is 4.79. The van der Waals surface area contributed by atoms with Gasteiger partial charge in [-0.1, -0.05) is 26.7 Å². The second-order valence-corrected chi connectivity index (χ2v) is 5.99. The molecule has 0 aromatic rings. The first kappa shape index (κ1) is 17.9. The molecular formula is C16H34N2O2. The van der Waals surface area contributed by atoms with Gasteiger partial charge in [0.25, 0.3) is 0 Å². The maximum Gasteiger partial charge on any atom is 0.0900 e. The van der Waals surface area contributed by atoms with Gasteiger partial charge < -0.3 is 15.2 Å². The maximum atomic E-state index is 10.1. The molecule has 0 bridgehead atoms. The van der Waals surface area contributed by atoms with E-state index < -0.39 is 0 Å². The second kappa shape index (κ2) is 11.5. The highest BCUT2D eigenvalue weighted by Gasteiger charge is 2.19. The summed E-state index contributed by atoms with van der Waals surface area (Å²) in [5.74, 6) is 0. The number of hydrogen-bond acceptors (Lipinski definition) is 4. The van der Waals surface area contributed by atoms with Crippen LogP contribution in [0.2, 0.25) is 0 Å². The Morgan fingerprint density at radius 2 is 2.10 bits per heavy atom. The molecule has 0 amide bonds. The van der Waals surface area contributed by atoms with E-state index in [1.54, 1.807) is 0 Å². The van der Waals surface area contributed by atoms with Gasteiger partial charge in [0.15, 0.2) is 0 Å². The lowest BCUT2D eigenvalue weighted by molar-refractivity contribution is 0.0144. The molecule has 120 valence electrons. The molecule has 0 spiro atoms. The Morgan fingerprint density at radius 1 is 1.30 bits per heavy atom. The zero-order valence-electron chi connectivity index (χ0n) is 13.4. The minimum Gasteiger partial charge on any atom is -0.389 e. The number of unbranched alkanes of at least 4 members (excludes halogenated alkanes) is 2. The molecule has 1 aliphatic rings. The standard InChI is InChI=1S/C16H34N2O2/c1-3-5-10-18(12-15-8-7-9-17-15)13-16(19)14-20-11-6-4-2/h15-17,19H,3-14H2,1-2H3. The molecule has 1 fully saturated rings. The van der Waals surface area contributed by atoms with E-state index in [0.717, 1.165) is 45.6 Å². The zero-order chi connectivity index (χ0) is 14.6. The van der Waals surface area contributed by atoms with Crippen LogP contribution in [0.1, 0.15) is 52.4 Å². The number of ether oxygens (including phenoxy) is 1. The quantitative estimate of drug-likeness (QED) is 0.539. The summed E-state index contributed by atoms with van der Waals surface area (Å²) in [6.07, 6.45) is 6.84. The van der Waals surface area contributed by atoms with E-state index >= 15 is 0 Å². The summed E-state index contributed by atoms with van der Waals surface area (Å²) >= 11 is 0. The van der Waals surface area contributed by atoms with Crippen LogP contribution < -0.4 is 5.32 Å². The van der Waals surface area contributed by atoms with E-state index in [-0.39, 0.29) is 6.10 Å². The molecule has 4 nitrogen and oxygen atoms in total. The average molecular weight is 286 g/mol. The van der Waals surface area contributed by atoms with Crippen LogP contribution in [0.4, 0.5) is 0 Å². The van der Waals surface area contributed by atoms with Gasteiger partial charge in [0.05, 0.1) is 12.7 Å².